The average Bonchev–Trinajstić information content (AvgIpc) is 3.42. The van der Waals surface area contributed by atoms with Gasteiger partial charge < -0.3 is 5.32 Å². The van der Waals surface area contributed by atoms with Crippen LogP contribution in [0.5, 0.6) is 0 Å². The molecule has 0 bridgehead atoms. The molecule has 0 saturated carbocycles. The fraction of sp³-hybridized carbons (Fsp3) is 0.0455. The van der Waals surface area contributed by atoms with Gasteiger partial charge in [0.1, 0.15) is 5.69 Å². The molecular weight excluding hydrogens is 378 g/mol. The monoisotopic (exact) mass is 395 g/mol. The third-order valence-corrected chi connectivity index (χ3v) is 4.73. The van der Waals surface area contributed by atoms with Crippen molar-refractivity contribution in [1.29, 1.82) is 0 Å². The molecule has 0 unspecified atom stereocenters. The second kappa shape index (κ2) is 7.25. The summed E-state index contributed by atoms with van der Waals surface area (Å²) in [4.78, 5) is 12.7. The zero-order valence-electron chi connectivity index (χ0n) is 16.1. The van der Waals surface area contributed by atoms with Crippen molar-refractivity contribution >= 4 is 17.2 Å². The molecule has 0 aliphatic rings. The van der Waals surface area contributed by atoms with Crippen molar-refractivity contribution in [2.24, 2.45) is 0 Å². The summed E-state index contributed by atoms with van der Waals surface area (Å²) in [5, 5.41) is 22.6. The van der Waals surface area contributed by atoms with E-state index < -0.39 is 0 Å². The first kappa shape index (κ1) is 17.7. The number of hydrogen-bond donors (Lipinski definition) is 2. The molecule has 0 saturated heterocycles. The minimum Gasteiger partial charge on any atom is -0.321 e. The predicted octanol–water partition coefficient (Wildman–Crippen LogP) is 3.74. The van der Waals surface area contributed by atoms with Crippen LogP contribution in [0.2, 0.25) is 0 Å². The lowest BCUT2D eigenvalue weighted by Gasteiger charge is -2.07. The summed E-state index contributed by atoms with van der Waals surface area (Å²) in [6, 6.07) is 22.7. The zero-order chi connectivity index (χ0) is 20.5. The van der Waals surface area contributed by atoms with Gasteiger partial charge in [0.25, 0.3) is 5.91 Å². The number of carbonyl (C=O) groups is 1. The standard InChI is InChI=1S/C22H17N7O/c1-14-24-27-21-11-10-18(28-29(14)21)16-8-5-9-17(12-16)23-22(30)20-13-19(25-26-20)15-6-3-2-4-7-15/h2-13H,1H3,(H,23,30)(H,25,26). The van der Waals surface area contributed by atoms with Crippen molar-refractivity contribution in [2.75, 3.05) is 5.32 Å². The van der Waals surface area contributed by atoms with Crippen molar-refractivity contribution in [3.63, 3.8) is 0 Å². The van der Waals surface area contributed by atoms with Crippen molar-refractivity contribution in [3.8, 4) is 22.5 Å². The van der Waals surface area contributed by atoms with E-state index in [1.165, 1.54) is 0 Å². The van der Waals surface area contributed by atoms with Gasteiger partial charge in [-0.1, -0.05) is 42.5 Å². The van der Waals surface area contributed by atoms with E-state index in [4.69, 9.17) is 0 Å². The quantitative estimate of drug-likeness (QED) is 0.483. The number of anilines is 1. The van der Waals surface area contributed by atoms with Crippen LogP contribution in [0.15, 0.2) is 72.8 Å². The van der Waals surface area contributed by atoms with Gasteiger partial charge in [0.2, 0.25) is 0 Å². The lowest BCUT2D eigenvalue weighted by molar-refractivity contribution is 0.102. The first-order chi connectivity index (χ1) is 14.7. The average molecular weight is 395 g/mol. The summed E-state index contributed by atoms with van der Waals surface area (Å²) in [7, 11) is 0. The molecule has 0 aliphatic heterocycles. The van der Waals surface area contributed by atoms with E-state index in [-0.39, 0.29) is 5.91 Å². The highest BCUT2D eigenvalue weighted by Gasteiger charge is 2.12. The van der Waals surface area contributed by atoms with Crippen molar-refractivity contribution in [3.05, 3.63) is 84.3 Å². The van der Waals surface area contributed by atoms with Gasteiger partial charge >= 0.3 is 0 Å². The molecule has 3 heterocycles. The maximum absolute atomic E-state index is 12.7. The first-order valence-electron chi connectivity index (χ1n) is 9.39. The Morgan fingerprint density at radius 2 is 1.73 bits per heavy atom. The summed E-state index contributed by atoms with van der Waals surface area (Å²) < 4.78 is 1.69. The minimum absolute atomic E-state index is 0.264. The van der Waals surface area contributed by atoms with Gasteiger partial charge in [-0.05, 0) is 37.3 Å². The summed E-state index contributed by atoms with van der Waals surface area (Å²) in [5.41, 5.74) is 5.03. The fourth-order valence-corrected chi connectivity index (χ4v) is 3.20. The Hall–Kier alpha value is -4.33. The number of aryl methyl sites for hydroxylation is 1. The van der Waals surface area contributed by atoms with Gasteiger partial charge in [0, 0.05) is 16.8 Å². The molecule has 5 aromatic rings. The van der Waals surface area contributed by atoms with Gasteiger partial charge in [-0.2, -0.15) is 14.7 Å². The van der Waals surface area contributed by atoms with Crippen LogP contribution in [0.3, 0.4) is 0 Å². The van der Waals surface area contributed by atoms with Crippen molar-refractivity contribution in [2.45, 2.75) is 6.92 Å². The molecule has 5 rings (SSSR count). The molecule has 0 fully saturated rings. The number of rotatable bonds is 4. The Morgan fingerprint density at radius 1 is 0.900 bits per heavy atom. The highest BCUT2D eigenvalue weighted by molar-refractivity contribution is 6.03. The van der Waals surface area contributed by atoms with E-state index in [9.17, 15) is 4.79 Å². The molecule has 146 valence electrons. The van der Waals surface area contributed by atoms with Crippen LogP contribution in [0.25, 0.3) is 28.2 Å². The van der Waals surface area contributed by atoms with Gasteiger partial charge in [-0.3, -0.25) is 9.89 Å². The highest BCUT2D eigenvalue weighted by Crippen LogP contribution is 2.22. The summed E-state index contributed by atoms with van der Waals surface area (Å²) in [5.74, 6) is 0.449. The SMILES string of the molecule is Cc1nnc2ccc(-c3cccc(NC(=O)c4cc(-c5ccccc5)n[nH]4)c3)nn12. The van der Waals surface area contributed by atoms with Crippen molar-refractivity contribution < 1.29 is 4.79 Å². The lowest BCUT2D eigenvalue weighted by Crippen LogP contribution is -2.12. The second-order valence-corrected chi connectivity index (χ2v) is 6.80. The van der Waals surface area contributed by atoms with Crippen LogP contribution in [0.1, 0.15) is 16.3 Å². The summed E-state index contributed by atoms with van der Waals surface area (Å²) in [6.45, 7) is 1.85. The molecule has 3 aromatic heterocycles. The number of carbonyl (C=O) groups excluding carboxylic acids is 1. The second-order valence-electron chi connectivity index (χ2n) is 6.80. The number of nitrogens with zero attached hydrogens (tertiary/aromatic N) is 5. The number of amides is 1. The number of aromatic nitrogens is 6. The van der Waals surface area contributed by atoms with Gasteiger partial charge in [0.05, 0.1) is 11.4 Å². The van der Waals surface area contributed by atoms with Crippen LogP contribution in [-0.2, 0) is 0 Å². The number of H-pyrrole nitrogens is 1. The van der Waals surface area contributed by atoms with Crippen LogP contribution in [0, 0.1) is 6.92 Å². The molecule has 0 spiro atoms. The Morgan fingerprint density at radius 3 is 2.60 bits per heavy atom. The molecule has 30 heavy (non-hydrogen) atoms. The van der Waals surface area contributed by atoms with Crippen LogP contribution in [-0.4, -0.2) is 35.9 Å². The van der Waals surface area contributed by atoms with Gasteiger partial charge in [-0.15, -0.1) is 10.2 Å². The third kappa shape index (κ3) is 3.30. The number of nitrogens with one attached hydrogen (secondary N) is 2. The van der Waals surface area contributed by atoms with E-state index >= 15 is 0 Å². The largest absolute Gasteiger partial charge is 0.321 e. The molecule has 0 aliphatic carbocycles. The molecule has 2 N–H and O–H groups in total. The summed E-state index contributed by atoms with van der Waals surface area (Å²) in [6.07, 6.45) is 0. The van der Waals surface area contributed by atoms with Crippen LogP contribution < -0.4 is 5.32 Å². The van der Waals surface area contributed by atoms with E-state index in [2.05, 4.69) is 30.8 Å². The first-order valence-corrected chi connectivity index (χ1v) is 9.39. The third-order valence-electron chi connectivity index (χ3n) is 4.73. The summed E-state index contributed by atoms with van der Waals surface area (Å²) >= 11 is 0. The van der Waals surface area contributed by atoms with Gasteiger partial charge in [-0.25, -0.2) is 0 Å². The Balaban J connectivity index is 1.38. The highest BCUT2D eigenvalue weighted by atomic mass is 16.1. The molecular formula is C22H17N7O. The predicted molar refractivity (Wildman–Crippen MR) is 113 cm³/mol. The van der Waals surface area contributed by atoms with E-state index in [0.29, 0.717) is 22.9 Å². The number of fused-ring (bicyclic) bond motifs is 1. The van der Waals surface area contributed by atoms with Crippen molar-refractivity contribution in [1.82, 2.24) is 30.0 Å². The molecule has 8 nitrogen and oxygen atoms in total. The van der Waals surface area contributed by atoms with Gasteiger partial charge in [0.15, 0.2) is 11.5 Å². The van der Waals surface area contributed by atoms with Crippen LogP contribution >= 0.6 is 0 Å². The zero-order valence-corrected chi connectivity index (χ0v) is 16.1. The normalized spacial score (nSPS) is 11.0. The number of benzene rings is 2. The molecule has 2 aromatic carbocycles. The number of hydrogen-bond acceptors (Lipinski definition) is 5. The Labute approximate surface area is 171 Å². The maximum Gasteiger partial charge on any atom is 0.273 e. The fourth-order valence-electron chi connectivity index (χ4n) is 3.20. The molecule has 1 amide bonds. The minimum atomic E-state index is -0.264. The lowest BCUT2D eigenvalue weighted by atomic mass is 10.1. The Bertz CT molecular complexity index is 1350. The number of aromatic amines is 1. The topological polar surface area (TPSA) is 101 Å². The van der Waals surface area contributed by atoms with E-state index in [0.717, 1.165) is 22.5 Å². The Kier molecular flexibility index (Phi) is 4.29. The van der Waals surface area contributed by atoms with E-state index in [1.54, 1.807) is 10.6 Å². The molecule has 0 radical (unpaired) electrons. The molecule has 0 atom stereocenters. The van der Waals surface area contributed by atoms with E-state index in [1.807, 2.05) is 73.7 Å². The smallest absolute Gasteiger partial charge is 0.273 e. The van der Waals surface area contributed by atoms with Crippen LogP contribution in [0.4, 0.5) is 5.69 Å². The molecule has 8 heteroatoms. The maximum atomic E-state index is 12.7.